The van der Waals surface area contributed by atoms with Crippen LogP contribution in [0.25, 0.3) is 0 Å². The van der Waals surface area contributed by atoms with Crippen molar-refractivity contribution in [2.45, 2.75) is 25.6 Å². The number of aliphatic hydroxyl groups excluding tert-OH is 1. The number of nitrogens with zero attached hydrogens (tertiary/aromatic N) is 2. The van der Waals surface area contributed by atoms with Crippen LogP contribution in [0.4, 0.5) is 24.8 Å². The maximum atomic E-state index is 12.2. The Morgan fingerprint density at radius 2 is 1.90 bits per heavy atom. The van der Waals surface area contributed by atoms with Gasteiger partial charge in [0.2, 0.25) is 5.75 Å². The first-order valence-corrected chi connectivity index (χ1v) is 6.01. The van der Waals surface area contributed by atoms with E-state index in [4.69, 9.17) is 9.84 Å². The fourth-order valence-corrected chi connectivity index (χ4v) is 1.37. The number of hydrogen-bond acceptors (Lipinski definition) is 6. The van der Waals surface area contributed by atoms with Gasteiger partial charge in [0.25, 0.3) is 0 Å². The van der Waals surface area contributed by atoms with Crippen molar-refractivity contribution < 1.29 is 23.0 Å². The summed E-state index contributed by atoms with van der Waals surface area (Å²) in [5, 5.41) is 14.3. The lowest BCUT2D eigenvalue weighted by Crippen LogP contribution is -2.35. The van der Waals surface area contributed by atoms with Crippen LogP contribution in [0.1, 0.15) is 13.3 Å². The Bertz CT molecular complexity index is 429. The molecule has 0 radical (unpaired) electrons. The predicted molar refractivity (Wildman–Crippen MR) is 67.9 cm³/mol. The van der Waals surface area contributed by atoms with Gasteiger partial charge in [0.05, 0.1) is 13.7 Å². The number of anilines is 2. The quantitative estimate of drug-likeness (QED) is 0.709. The van der Waals surface area contributed by atoms with Gasteiger partial charge in [-0.05, 0) is 6.42 Å². The zero-order valence-electron chi connectivity index (χ0n) is 11.2. The fourth-order valence-electron chi connectivity index (χ4n) is 1.37. The van der Waals surface area contributed by atoms with Crippen molar-refractivity contribution in [3.63, 3.8) is 0 Å². The van der Waals surface area contributed by atoms with Gasteiger partial charge >= 0.3 is 6.18 Å². The second-order valence-electron chi connectivity index (χ2n) is 3.97. The second-order valence-corrected chi connectivity index (χ2v) is 3.97. The zero-order chi connectivity index (χ0) is 15.2. The van der Waals surface area contributed by atoms with E-state index in [1.54, 1.807) is 0 Å². The van der Waals surface area contributed by atoms with E-state index in [9.17, 15) is 13.2 Å². The number of aromatic nitrogens is 2. The number of nitrogens with one attached hydrogen (secondary N) is 2. The van der Waals surface area contributed by atoms with Crippen LogP contribution >= 0.6 is 0 Å². The molecule has 1 heterocycles. The van der Waals surface area contributed by atoms with E-state index >= 15 is 0 Å². The van der Waals surface area contributed by atoms with E-state index in [0.29, 0.717) is 12.4 Å². The standard InChI is InChI=1S/C11H17F3N4O2/c1-3-4-15-9-8(20-2)10(18-6-17-9)16-5-7(19)11(12,13)14/h6-7,19H,3-5H2,1-2H3,(H2,15,16,17,18). The summed E-state index contributed by atoms with van der Waals surface area (Å²) in [6.45, 7) is 1.88. The second kappa shape index (κ2) is 7.13. The monoisotopic (exact) mass is 294 g/mol. The van der Waals surface area contributed by atoms with Crippen LogP contribution < -0.4 is 15.4 Å². The molecule has 9 heteroatoms. The van der Waals surface area contributed by atoms with Gasteiger partial charge in [-0.3, -0.25) is 0 Å². The Balaban J connectivity index is 2.79. The third-order valence-electron chi connectivity index (χ3n) is 2.39. The van der Waals surface area contributed by atoms with Crippen LogP contribution in [-0.4, -0.2) is 47.6 Å². The highest BCUT2D eigenvalue weighted by Crippen LogP contribution is 2.29. The minimum atomic E-state index is -4.68. The van der Waals surface area contributed by atoms with Crippen LogP contribution in [-0.2, 0) is 0 Å². The van der Waals surface area contributed by atoms with Crippen LogP contribution in [0, 0.1) is 0 Å². The van der Waals surface area contributed by atoms with Crippen LogP contribution in [0.3, 0.4) is 0 Å². The smallest absolute Gasteiger partial charge is 0.416 e. The molecule has 1 aromatic heterocycles. The summed E-state index contributed by atoms with van der Waals surface area (Å²) in [6.07, 6.45) is -5.11. The van der Waals surface area contributed by atoms with E-state index in [0.717, 1.165) is 6.42 Å². The number of alkyl halides is 3. The van der Waals surface area contributed by atoms with Gasteiger partial charge in [-0.25, -0.2) is 9.97 Å². The SMILES string of the molecule is CCCNc1ncnc(NCC(O)C(F)(F)F)c1OC. The van der Waals surface area contributed by atoms with Gasteiger partial charge in [0.15, 0.2) is 17.7 Å². The van der Waals surface area contributed by atoms with E-state index in [2.05, 4.69) is 20.6 Å². The number of methoxy groups -OCH3 is 1. The molecule has 20 heavy (non-hydrogen) atoms. The van der Waals surface area contributed by atoms with Gasteiger partial charge in [-0.15, -0.1) is 0 Å². The summed E-state index contributed by atoms with van der Waals surface area (Å²) in [5.41, 5.74) is 0. The van der Waals surface area contributed by atoms with Crippen molar-refractivity contribution in [1.29, 1.82) is 0 Å². The third-order valence-corrected chi connectivity index (χ3v) is 2.39. The minimum absolute atomic E-state index is 0.0874. The average Bonchev–Trinajstić information content (AvgIpc) is 2.41. The van der Waals surface area contributed by atoms with Crippen molar-refractivity contribution in [3.8, 4) is 5.75 Å². The van der Waals surface area contributed by atoms with Crippen LogP contribution in [0.15, 0.2) is 6.33 Å². The first-order valence-electron chi connectivity index (χ1n) is 6.01. The van der Waals surface area contributed by atoms with Crippen LogP contribution in [0.2, 0.25) is 0 Å². The number of aliphatic hydroxyl groups is 1. The van der Waals surface area contributed by atoms with Crippen molar-refractivity contribution in [2.75, 3.05) is 30.8 Å². The zero-order valence-corrected chi connectivity index (χ0v) is 11.2. The molecule has 0 saturated heterocycles. The minimum Gasteiger partial charge on any atom is -0.490 e. The molecule has 0 aliphatic heterocycles. The third kappa shape index (κ3) is 4.41. The van der Waals surface area contributed by atoms with Gasteiger partial charge in [-0.2, -0.15) is 13.2 Å². The van der Waals surface area contributed by atoms with Crippen molar-refractivity contribution in [1.82, 2.24) is 9.97 Å². The van der Waals surface area contributed by atoms with Crippen molar-refractivity contribution >= 4 is 11.6 Å². The maximum Gasteiger partial charge on any atom is 0.416 e. The molecular weight excluding hydrogens is 277 g/mol. The Morgan fingerprint density at radius 3 is 2.40 bits per heavy atom. The molecule has 0 aliphatic rings. The normalized spacial score (nSPS) is 12.9. The van der Waals surface area contributed by atoms with E-state index in [1.807, 2.05) is 6.92 Å². The maximum absolute atomic E-state index is 12.2. The Kier molecular flexibility index (Phi) is 5.81. The highest BCUT2D eigenvalue weighted by molar-refractivity contribution is 5.63. The molecule has 1 unspecified atom stereocenters. The Labute approximate surface area is 114 Å². The summed E-state index contributed by atoms with van der Waals surface area (Å²) >= 11 is 0. The molecule has 0 saturated carbocycles. The van der Waals surface area contributed by atoms with Crippen molar-refractivity contribution in [2.24, 2.45) is 0 Å². The first-order chi connectivity index (χ1) is 9.40. The van der Waals surface area contributed by atoms with Gasteiger partial charge < -0.3 is 20.5 Å². The molecule has 1 rings (SSSR count). The number of ether oxygens (including phenoxy) is 1. The molecule has 0 aliphatic carbocycles. The highest BCUT2D eigenvalue weighted by atomic mass is 19.4. The molecule has 1 aromatic rings. The summed E-state index contributed by atoms with van der Waals surface area (Å²) in [4.78, 5) is 7.76. The average molecular weight is 294 g/mol. The van der Waals surface area contributed by atoms with Crippen LogP contribution in [0.5, 0.6) is 5.75 Å². The molecule has 0 aromatic carbocycles. The molecular formula is C11H17F3N4O2. The molecule has 0 bridgehead atoms. The Hall–Kier alpha value is -1.77. The summed E-state index contributed by atoms with van der Waals surface area (Å²) in [6, 6.07) is 0. The van der Waals surface area contributed by atoms with Gasteiger partial charge in [-0.1, -0.05) is 6.92 Å². The molecule has 6 nitrogen and oxygen atoms in total. The molecule has 0 amide bonds. The van der Waals surface area contributed by atoms with Crippen molar-refractivity contribution in [3.05, 3.63) is 6.33 Å². The fraction of sp³-hybridized carbons (Fsp3) is 0.636. The van der Waals surface area contributed by atoms with Gasteiger partial charge in [0.1, 0.15) is 6.33 Å². The molecule has 114 valence electrons. The molecule has 0 spiro atoms. The number of halogens is 3. The predicted octanol–water partition coefficient (Wildman–Crippen LogP) is 1.64. The lowest BCUT2D eigenvalue weighted by Gasteiger charge is -2.17. The number of hydrogen-bond donors (Lipinski definition) is 3. The summed E-state index contributed by atoms with van der Waals surface area (Å²) in [5.74, 6) is 0.674. The topological polar surface area (TPSA) is 79.3 Å². The molecule has 3 N–H and O–H groups in total. The lowest BCUT2D eigenvalue weighted by atomic mass is 10.3. The molecule has 0 fully saturated rings. The molecule has 1 atom stereocenters. The van der Waals surface area contributed by atoms with E-state index in [1.165, 1.54) is 13.4 Å². The van der Waals surface area contributed by atoms with E-state index < -0.39 is 18.8 Å². The number of rotatable bonds is 7. The van der Waals surface area contributed by atoms with E-state index in [-0.39, 0.29) is 11.6 Å². The van der Waals surface area contributed by atoms with Gasteiger partial charge in [0, 0.05) is 6.54 Å². The highest BCUT2D eigenvalue weighted by Gasteiger charge is 2.38. The summed E-state index contributed by atoms with van der Waals surface area (Å²) in [7, 11) is 1.36. The largest absolute Gasteiger partial charge is 0.490 e. The lowest BCUT2D eigenvalue weighted by molar-refractivity contribution is -0.198. The summed E-state index contributed by atoms with van der Waals surface area (Å²) < 4.78 is 41.7. The first kappa shape index (κ1) is 16.3. The Morgan fingerprint density at radius 1 is 1.30 bits per heavy atom.